The molecule has 0 aromatic rings. The van der Waals surface area contributed by atoms with Crippen LogP contribution in [0.1, 0.15) is 27.7 Å². The summed E-state index contributed by atoms with van der Waals surface area (Å²) in [7, 11) is 0. The molecule has 0 amide bonds. The van der Waals surface area contributed by atoms with E-state index in [2.05, 4.69) is 13.2 Å². The Morgan fingerprint density at radius 2 is 0.522 bits per heavy atom. The van der Waals surface area contributed by atoms with Crippen molar-refractivity contribution in [1.82, 2.24) is 0 Å². The van der Waals surface area contributed by atoms with Crippen LogP contribution in [0.5, 0.6) is 0 Å². The van der Waals surface area contributed by atoms with Gasteiger partial charge < -0.3 is 31.4 Å². The van der Waals surface area contributed by atoms with Crippen molar-refractivity contribution in [2.75, 3.05) is 0 Å². The molecule has 0 heterocycles. The Kier molecular flexibility index (Phi) is 189. The second-order valence-corrected chi connectivity index (χ2v) is 2.08. The number of hydrogen-bond acceptors (Lipinski definition) is 4. The second-order valence-electron chi connectivity index (χ2n) is 2.08. The molecule has 0 aromatic carbocycles. The fourth-order valence-corrected chi connectivity index (χ4v) is 0. The van der Waals surface area contributed by atoms with Crippen LogP contribution in [0.2, 0.25) is 0 Å². The van der Waals surface area contributed by atoms with E-state index in [0.717, 1.165) is 27.7 Å². The van der Waals surface area contributed by atoms with Gasteiger partial charge in [0.15, 0.2) is 0 Å². The van der Waals surface area contributed by atoms with E-state index >= 15 is 0 Å². The normalized spacial score (nSPS) is 4.52. The van der Waals surface area contributed by atoms with Gasteiger partial charge in [0, 0.05) is 27.7 Å². The van der Waals surface area contributed by atoms with Crippen LogP contribution >= 0.6 is 0 Å². The molecule has 0 fully saturated rings. The number of carboxylic acids is 4. The van der Waals surface area contributed by atoms with Crippen molar-refractivity contribution < 1.29 is 50.6 Å². The van der Waals surface area contributed by atoms with Crippen LogP contribution in [-0.4, -0.2) is 144 Å². The summed E-state index contributed by atoms with van der Waals surface area (Å²) in [6.07, 6.45) is 0. The zero-order valence-electron chi connectivity index (χ0n) is 11.8. The van der Waals surface area contributed by atoms with E-state index in [4.69, 9.17) is 39.6 Å². The third kappa shape index (κ3) is 32600. The van der Waals surface area contributed by atoms with E-state index in [1.807, 2.05) is 0 Å². The summed E-state index contributed by atoms with van der Waals surface area (Å²) >= 11 is 0. The molecule has 10 nitrogen and oxygen atoms in total. The molecule has 0 aliphatic heterocycles. The second kappa shape index (κ2) is 66.5. The summed E-state index contributed by atoms with van der Waals surface area (Å²) in [5.41, 5.74) is 0. The molecule has 0 unspecified atom stereocenters. The van der Waals surface area contributed by atoms with Crippen LogP contribution in [-0.2, 0) is 19.2 Å². The summed E-state index contributed by atoms with van der Waals surface area (Å²) in [5.74, 6) is -3.33. The van der Waals surface area contributed by atoms with Gasteiger partial charge in [-0.2, -0.15) is 0 Å². The quantitative estimate of drug-likeness (QED) is 0.263. The van der Waals surface area contributed by atoms with Crippen molar-refractivity contribution in [2.24, 2.45) is 0 Å². The molecule has 0 saturated carbocycles. The first-order chi connectivity index (χ1) is 7.93. The topological polar surface area (TPSA) is 212 Å². The monoisotopic (exact) mass is 376 g/mol. The first-order valence-electron chi connectivity index (χ1n) is 4.21. The number of aliphatic carboxylic acids is 4. The SMILES string of the molecule is C=C.CC(=O)O.CC(=O)O.CC(=O)O.CC(=O)O.O.O.[NaH].[NaH].[NaH]. The molecular formula is C10H27Na3O10. The van der Waals surface area contributed by atoms with Gasteiger partial charge in [0.25, 0.3) is 23.9 Å². The molecule has 0 atom stereocenters. The molecule has 8 N–H and O–H groups in total. The molecule has 23 heavy (non-hydrogen) atoms. The molecule has 130 valence electrons. The zero-order valence-corrected chi connectivity index (χ0v) is 11.8. The van der Waals surface area contributed by atoms with Crippen LogP contribution in [0.4, 0.5) is 0 Å². The van der Waals surface area contributed by atoms with Crippen molar-refractivity contribution in [3.05, 3.63) is 13.2 Å². The van der Waals surface area contributed by atoms with E-state index < -0.39 is 23.9 Å². The average molecular weight is 376 g/mol. The van der Waals surface area contributed by atoms with Crippen LogP contribution < -0.4 is 0 Å². The van der Waals surface area contributed by atoms with Gasteiger partial charge in [0.2, 0.25) is 0 Å². The first kappa shape index (κ1) is 65.2. The van der Waals surface area contributed by atoms with Gasteiger partial charge in [-0.25, -0.2) is 0 Å². The molecule has 0 bridgehead atoms. The van der Waals surface area contributed by atoms with Crippen LogP contribution in [0.15, 0.2) is 13.2 Å². The summed E-state index contributed by atoms with van der Waals surface area (Å²) in [6, 6.07) is 0. The summed E-state index contributed by atoms with van der Waals surface area (Å²) in [5, 5.41) is 29.7. The minimum absolute atomic E-state index is 0. The van der Waals surface area contributed by atoms with Gasteiger partial charge in [-0.05, 0) is 0 Å². The Morgan fingerprint density at radius 1 is 0.522 bits per heavy atom. The van der Waals surface area contributed by atoms with Crippen LogP contribution in [0.25, 0.3) is 0 Å². The minimum atomic E-state index is -0.833. The van der Waals surface area contributed by atoms with E-state index in [0.29, 0.717) is 0 Å². The molecule has 13 heteroatoms. The van der Waals surface area contributed by atoms with Gasteiger partial charge in [-0.15, -0.1) is 13.2 Å². The van der Waals surface area contributed by atoms with E-state index in [1.54, 1.807) is 0 Å². The van der Waals surface area contributed by atoms with Gasteiger partial charge in [0.1, 0.15) is 0 Å². The molecule has 0 aliphatic carbocycles. The van der Waals surface area contributed by atoms with E-state index in [1.165, 1.54) is 0 Å². The molecule has 0 spiro atoms. The number of carbonyl (C=O) groups is 4. The maximum atomic E-state index is 9.00. The third-order valence-electron chi connectivity index (χ3n) is 0. The van der Waals surface area contributed by atoms with Gasteiger partial charge in [-0.1, -0.05) is 0 Å². The Morgan fingerprint density at radius 3 is 0.522 bits per heavy atom. The van der Waals surface area contributed by atoms with Crippen molar-refractivity contribution in [3.8, 4) is 0 Å². The molecule has 0 aromatic heterocycles. The van der Waals surface area contributed by atoms with Gasteiger partial charge in [0.05, 0.1) is 0 Å². The predicted octanol–water partition coefficient (Wildman–Crippen LogP) is -2.43. The summed E-state index contributed by atoms with van der Waals surface area (Å²) in [4.78, 5) is 36.0. The number of carboxylic acid groups (broad SMARTS) is 4. The molecule has 0 saturated heterocycles. The van der Waals surface area contributed by atoms with Crippen molar-refractivity contribution >= 4 is 113 Å². The Bertz CT molecular complexity index is 185. The van der Waals surface area contributed by atoms with E-state index in [-0.39, 0.29) is 99.6 Å². The van der Waals surface area contributed by atoms with Crippen molar-refractivity contribution in [1.29, 1.82) is 0 Å². The standard InChI is InChI=1S/4C2H4O2.C2H4.3Na.2H2O.3H/c4*1-2(3)4;1-2;;;;;;;;/h4*1H3,(H,3,4);1-2H2;;;;2*1H2;;;. The fourth-order valence-electron chi connectivity index (χ4n) is 0. The van der Waals surface area contributed by atoms with Gasteiger partial charge >= 0.3 is 88.7 Å². The number of rotatable bonds is 0. The molecule has 0 aliphatic rings. The molecular weight excluding hydrogens is 349 g/mol. The summed E-state index contributed by atoms with van der Waals surface area (Å²) in [6.45, 7) is 10.3. The van der Waals surface area contributed by atoms with Crippen LogP contribution in [0.3, 0.4) is 0 Å². The maximum absolute atomic E-state index is 9.00. The van der Waals surface area contributed by atoms with E-state index in [9.17, 15) is 0 Å². The Balaban J connectivity index is -0.0000000110. The molecule has 0 rings (SSSR count). The molecule has 0 radical (unpaired) electrons. The fraction of sp³-hybridized carbons (Fsp3) is 0.400. The predicted molar refractivity (Wildman–Crippen MR) is 93.2 cm³/mol. The van der Waals surface area contributed by atoms with Crippen LogP contribution in [0, 0.1) is 0 Å². The van der Waals surface area contributed by atoms with Crippen molar-refractivity contribution in [2.45, 2.75) is 27.7 Å². The van der Waals surface area contributed by atoms with Gasteiger partial charge in [-0.3, -0.25) is 19.2 Å². The Labute approximate surface area is 201 Å². The first-order valence-corrected chi connectivity index (χ1v) is 4.21. The van der Waals surface area contributed by atoms with Crippen molar-refractivity contribution in [3.63, 3.8) is 0 Å². The summed E-state index contributed by atoms with van der Waals surface area (Å²) < 4.78 is 0. The number of hydrogen-bond donors (Lipinski definition) is 4. The average Bonchev–Trinajstić information content (AvgIpc) is 2.01. The third-order valence-corrected chi connectivity index (χ3v) is 0. The zero-order chi connectivity index (χ0) is 16.3. The Hall–Kier alpha value is 0.540.